The Bertz CT molecular complexity index is 1660. The smallest absolute Gasteiger partial charge is 0.0620 e. The molecular formula is C26H15N. The van der Waals surface area contributed by atoms with E-state index in [1.807, 2.05) is 0 Å². The Morgan fingerprint density at radius 1 is 0.444 bits per heavy atom. The van der Waals surface area contributed by atoms with E-state index in [9.17, 15) is 0 Å². The molecule has 0 saturated heterocycles. The third kappa shape index (κ3) is 1.56. The Labute approximate surface area is 155 Å². The highest BCUT2D eigenvalue weighted by molar-refractivity contribution is 6.29. The number of benzene rings is 5. The fourth-order valence-electron chi connectivity index (χ4n) is 4.93. The molecule has 0 saturated carbocycles. The first kappa shape index (κ1) is 13.6. The number of fused-ring (bicyclic) bond motifs is 9. The van der Waals surface area contributed by atoms with Gasteiger partial charge in [0.2, 0.25) is 0 Å². The van der Waals surface area contributed by atoms with Gasteiger partial charge in [0, 0.05) is 21.5 Å². The predicted octanol–water partition coefficient (Wildman–Crippen LogP) is 7.14. The Morgan fingerprint density at radius 3 is 2.04 bits per heavy atom. The fourth-order valence-corrected chi connectivity index (χ4v) is 4.93. The summed E-state index contributed by atoms with van der Waals surface area (Å²) in [6.07, 6.45) is 0. The molecule has 0 aliphatic carbocycles. The maximum atomic E-state index is 2.47. The van der Waals surface area contributed by atoms with Gasteiger partial charge in [-0.25, -0.2) is 0 Å². The largest absolute Gasteiger partial charge is 0.308 e. The van der Waals surface area contributed by atoms with E-state index in [4.69, 9.17) is 0 Å². The highest BCUT2D eigenvalue weighted by Gasteiger charge is 2.18. The molecule has 0 aliphatic heterocycles. The maximum Gasteiger partial charge on any atom is 0.0620 e. The first-order chi connectivity index (χ1) is 13.4. The van der Waals surface area contributed by atoms with Gasteiger partial charge < -0.3 is 4.40 Å². The number of para-hydroxylation sites is 1. The molecule has 1 nitrogen and oxygen atoms in total. The minimum Gasteiger partial charge on any atom is -0.308 e. The highest BCUT2D eigenvalue weighted by Crippen LogP contribution is 2.42. The molecule has 27 heavy (non-hydrogen) atoms. The summed E-state index contributed by atoms with van der Waals surface area (Å²) in [5, 5.41) is 10.6. The zero-order chi connectivity index (χ0) is 17.5. The van der Waals surface area contributed by atoms with Crippen molar-refractivity contribution in [3.63, 3.8) is 0 Å². The minimum absolute atomic E-state index is 1.29. The van der Waals surface area contributed by atoms with Crippen LogP contribution in [0, 0.1) is 0 Å². The van der Waals surface area contributed by atoms with Gasteiger partial charge in [0.25, 0.3) is 0 Å². The van der Waals surface area contributed by atoms with Gasteiger partial charge in [-0.15, -0.1) is 0 Å². The van der Waals surface area contributed by atoms with E-state index in [-0.39, 0.29) is 0 Å². The molecule has 0 unspecified atom stereocenters. The van der Waals surface area contributed by atoms with E-state index >= 15 is 0 Å². The number of hydrogen-bond acceptors (Lipinski definition) is 0. The normalized spacial score (nSPS) is 12.4. The highest BCUT2D eigenvalue weighted by atomic mass is 14.9. The molecule has 0 spiro atoms. The molecule has 0 radical (unpaired) electrons. The molecule has 2 aromatic heterocycles. The van der Waals surface area contributed by atoms with Crippen LogP contribution in [0.15, 0.2) is 91.0 Å². The van der Waals surface area contributed by atoms with E-state index in [0.29, 0.717) is 0 Å². The molecule has 2 heterocycles. The fraction of sp³-hybridized carbons (Fsp3) is 0. The lowest BCUT2D eigenvalue weighted by Crippen LogP contribution is -1.82. The Hall–Kier alpha value is -3.58. The van der Waals surface area contributed by atoms with Crippen molar-refractivity contribution in [1.29, 1.82) is 0 Å². The van der Waals surface area contributed by atoms with Crippen LogP contribution in [-0.2, 0) is 0 Å². The van der Waals surface area contributed by atoms with Crippen LogP contribution in [-0.4, -0.2) is 4.40 Å². The topological polar surface area (TPSA) is 4.41 Å². The quantitative estimate of drug-likeness (QED) is 0.276. The van der Waals surface area contributed by atoms with Gasteiger partial charge in [-0.05, 0) is 39.7 Å². The summed E-state index contributed by atoms with van der Waals surface area (Å²) < 4.78 is 2.47. The number of aromatic nitrogens is 1. The summed E-state index contributed by atoms with van der Waals surface area (Å²) in [5.41, 5.74) is 3.93. The van der Waals surface area contributed by atoms with Gasteiger partial charge in [0.15, 0.2) is 0 Å². The van der Waals surface area contributed by atoms with Crippen molar-refractivity contribution in [1.82, 2.24) is 4.40 Å². The van der Waals surface area contributed by atoms with E-state index in [0.717, 1.165) is 0 Å². The molecular weight excluding hydrogens is 326 g/mol. The molecule has 5 aromatic carbocycles. The van der Waals surface area contributed by atoms with Crippen molar-refractivity contribution < 1.29 is 0 Å². The van der Waals surface area contributed by atoms with Crippen LogP contribution in [0.25, 0.3) is 59.6 Å². The molecule has 0 atom stereocenters. The third-order valence-electron chi connectivity index (χ3n) is 6.07. The molecule has 0 N–H and O–H groups in total. The van der Waals surface area contributed by atoms with Crippen molar-refractivity contribution >= 4 is 59.6 Å². The van der Waals surface area contributed by atoms with Gasteiger partial charge in [-0.2, -0.15) is 0 Å². The van der Waals surface area contributed by atoms with Crippen molar-refractivity contribution in [2.45, 2.75) is 0 Å². The molecule has 1 heteroatoms. The maximum absolute atomic E-state index is 2.47. The summed E-state index contributed by atoms with van der Waals surface area (Å²) >= 11 is 0. The predicted molar refractivity (Wildman–Crippen MR) is 116 cm³/mol. The van der Waals surface area contributed by atoms with E-state index in [1.165, 1.54) is 59.6 Å². The molecule has 0 bridgehead atoms. The van der Waals surface area contributed by atoms with Crippen LogP contribution < -0.4 is 0 Å². The van der Waals surface area contributed by atoms with Gasteiger partial charge in [0.05, 0.1) is 16.6 Å². The Morgan fingerprint density at radius 2 is 1.15 bits per heavy atom. The van der Waals surface area contributed by atoms with Gasteiger partial charge in [-0.3, -0.25) is 0 Å². The van der Waals surface area contributed by atoms with Crippen LogP contribution in [0.1, 0.15) is 0 Å². The number of nitrogens with zero attached hydrogens (tertiary/aromatic N) is 1. The van der Waals surface area contributed by atoms with Crippen LogP contribution in [0.2, 0.25) is 0 Å². The number of rotatable bonds is 0. The first-order valence-corrected chi connectivity index (χ1v) is 9.38. The summed E-state index contributed by atoms with van der Waals surface area (Å²) in [7, 11) is 0. The lowest BCUT2D eigenvalue weighted by atomic mass is 10.0. The standard InChI is InChI=1S/C26H15N/c1-2-8-18-15-24-22(14-17(18)7-1)20-10-5-11-21-25-19-9-4-3-6-16(19)12-13-23(25)27(24)26(20)21/h1-15H. The molecule has 7 aromatic rings. The third-order valence-corrected chi connectivity index (χ3v) is 6.07. The van der Waals surface area contributed by atoms with Crippen LogP contribution in [0.3, 0.4) is 0 Å². The summed E-state index contributed by atoms with van der Waals surface area (Å²) in [6.45, 7) is 0. The Kier molecular flexibility index (Phi) is 2.30. The van der Waals surface area contributed by atoms with E-state index < -0.39 is 0 Å². The Balaban J connectivity index is 1.86. The zero-order valence-electron chi connectivity index (χ0n) is 14.6. The molecule has 124 valence electrons. The molecule has 7 rings (SSSR count). The zero-order valence-corrected chi connectivity index (χ0v) is 14.6. The SMILES string of the molecule is c1ccc2cc3c(cc2c1)c1cccc2c4c5ccccc5ccc4n3c12. The summed E-state index contributed by atoms with van der Waals surface area (Å²) in [6, 6.07) is 33.3. The number of hydrogen-bond donors (Lipinski definition) is 0. The van der Waals surface area contributed by atoms with Gasteiger partial charge in [0.1, 0.15) is 0 Å². The molecule has 0 amide bonds. The van der Waals surface area contributed by atoms with Crippen LogP contribution >= 0.6 is 0 Å². The van der Waals surface area contributed by atoms with Gasteiger partial charge in [-0.1, -0.05) is 72.8 Å². The average molecular weight is 341 g/mol. The van der Waals surface area contributed by atoms with Crippen LogP contribution in [0.4, 0.5) is 0 Å². The van der Waals surface area contributed by atoms with Crippen molar-refractivity contribution in [3.05, 3.63) is 91.0 Å². The summed E-state index contributed by atoms with van der Waals surface area (Å²) in [4.78, 5) is 0. The van der Waals surface area contributed by atoms with Gasteiger partial charge >= 0.3 is 0 Å². The van der Waals surface area contributed by atoms with Crippen molar-refractivity contribution in [2.75, 3.05) is 0 Å². The molecule has 0 fully saturated rings. The van der Waals surface area contributed by atoms with E-state index in [2.05, 4.69) is 95.4 Å². The van der Waals surface area contributed by atoms with Crippen molar-refractivity contribution in [2.24, 2.45) is 0 Å². The van der Waals surface area contributed by atoms with Crippen LogP contribution in [0.5, 0.6) is 0 Å². The summed E-state index contributed by atoms with van der Waals surface area (Å²) in [5.74, 6) is 0. The monoisotopic (exact) mass is 341 g/mol. The average Bonchev–Trinajstić information content (AvgIpc) is 3.24. The second-order valence-electron chi connectivity index (χ2n) is 7.43. The lowest BCUT2D eigenvalue weighted by molar-refractivity contribution is 1.38. The minimum atomic E-state index is 1.29. The molecule has 0 aliphatic rings. The second kappa shape index (κ2) is 4.57. The first-order valence-electron chi connectivity index (χ1n) is 9.38. The second-order valence-corrected chi connectivity index (χ2v) is 7.43. The van der Waals surface area contributed by atoms with Crippen molar-refractivity contribution in [3.8, 4) is 0 Å². The van der Waals surface area contributed by atoms with E-state index in [1.54, 1.807) is 0 Å². The lowest BCUT2D eigenvalue weighted by Gasteiger charge is -2.03.